The standard InChI is InChI=1S/C15H24BrNO/c1-5-7-11(3)15(17-6-2)12-8-9-14(18-4)13(16)10-12/h8-11,15,17H,5-7H2,1-4H3. The summed E-state index contributed by atoms with van der Waals surface area (Å²) in [7, 11) is 1.70. The van der Waals surface area contributed by atoms with Crippen LogP contribution in [0.4, 0.5) is 0 Å². The maximum absolute atomic E-state index is 5.28. The molecule has 0 bridgehead atoms. The van der Waals surface area contributed by atoms with E-state index in [2.05, 4.69) is 54.2 Å². The molecule has 0 aliphatic carbocycles. The van der Waals surface area contributed by atoms with Gasteiger partial charge in [-0.15, -0.1) is 0 Å². The Morgan fingerprint density at radius 2 is 2.06 bits per heavy atom. The van der Waals surface area contributed by atoms with Crippen LogP contribution in [0, 0.1) is 5.92 Å². The molecule has 0 radical (unpaired) electrons. The molecule has 0 amide bonds. The van der Waals surface area contributed by atoms with Gasteiger partial charge in [0.1, 0.15) is 5.75 Å². The highest BCUT2D eigenvalue weighted by Crippen LogP contribution is 2.32. The number of methoxy groups -OCH3 is 1. The van der Waals surface area contributed by atoms with Crippen molar-refractivity contribution in [2.45, 2.75) is 39.7 Å². The highest BCUT2D eigenvalue weighted by atomic mass is 79.9. The molecule has 3 heteroatoms. The van der Waals surface area contributed by atoms with Crippen LogP contribution in [0.15, 0.2) is 22.7 Å². The summed E-state index contributed by atoms with van der Waals surface area (Å²) in [6.07, 6.45) is 2.46. The van der Waals surface area contributed by atoms with Gasteiger partial charge in [0.25, 0.3) is 0 Å². The Morgan fingerprint density at radius 1 is 1.33 bits per heavy atom. The molecule has 1 aromatic carbocycles. The molecule has 2 atom stereocenters. The molecule has 2 nitrogen and oxygen atoms in total. The van der Waals surface area contributed by atoms with Crippen LogP contribution < -0.4 is 10.1 Å². The van der Waals surface area contributed by atoms with Crippen molar-refractivity contribution in [3.63, 3.8) is 0 Å². The van der Waals surface area contributed by atoms with E-state index in [4.69, 9.17) is 4.74 Å². The first-order chi connectivity index (χ1) is 8.63. The van der Waals surface area contributed by atoms with E-state index in [1.807, 2.05) is 6.07 Å². The molecule has 0 saturated carbocycles. The molecule has 18 heavy (non-hydrogen) atoms. The smallest absolute Gasteiger partial charge is 0.133 e. The van der Waals surface area contributed by atoms with Crippen LogP contribution in [-0.4, -0.2) is 13.7 Å². The zero-order valence-electron chi connectivity index (χ0n) is 11.8. The number of nitrogens with one attached hydrogen (secondary N) is 1. The van der Waals surface area contributed by atoms with E-state index < -0.39 is 0 Å². The number of rotatable bonds is 7. The van der Waals surface area contributed by atoms with Crippen LogP contribution in [0.5, 0.6) is 5.75 Å². The van der Waals surface area contributed by atoms with Crippen molar-refractivity contribution in [2.75, 3.05) is 13.7 Å². The van der Waals surface area contributed by atoms with Crippen LogP contribution in [0.2, 0.25) is 0 Å². The lowest BCUT2D eigenvalue weighted by Gasteiger charge is -2.25. The third-order valence-corrected chi connectivity index (χ3v) is 3.89. The summed E-state index contributed by atoms with van der Waals surface area (Å²) in [6.45, 7) is 7.70. The minimum atomic E-state index is 0.414. The van der Waals surface area contributed by atoms with Crippen molar-refractivity contribution < 1.29 is 4.74 Å². The molecule has 1 rings (SSSR count). The van der Waals surface area contributed by atoms with Gasteiger partial charge >= 0.3 is 0 Å². The van der Waals surface area contributed by atoms with Crippen LogP contribution >= 0.6 is 15.9 Å². The number of hydrogen-bond acceptors (Lipinski definition) is 2. The molecule has 0 fully saturated rings. The Balaban J connectivity index is 2.94. The minimum absolute atomic E-state index is 0.414. The Kier molecular flexibility index (Phi) is 6.72. The molecule has 0 heterocycles. The summed E-state index contributed by atoms with van der Waals surface area (Å²) in [5, 5.41) is 3.59. The second-order valence-corrected chi connectivity index (χ2v) is 5.55. The van der Waals surface area contributed by atoms with Crippen LogP contribution in [0.1, 0.15) is 45.2 Å². The first kappa shape index (κ1) is 15.5. The summed E-state index contributed by atoms with van der Waals surface area (Å²) in [6, 6.07) is 6.77. The van der Waals surface area contributed by atoms with Gasteiger partial charge in [0.15, 0.2) is 0 Å². The third-order valence-electron chi connectivity index (χ3n) is 3.27. The van der Waals surface area contributed by atoms with Gasteiger partial charge in [0.05, 0.1) is 11.6 Å². The van der Waals surface area contributed by atoms with E-state index in [1.165, 1.54) is 18.4 Å². The number of ether oxygens (including phenoxy) is 1. The molecule has 0 aliphatic heterocycles. The Bertz CT molecular complexity index is 368. The lowest BCUT2D eigenvalue weighted by molar-refractivity contribution is 0.368. The SMILES string of the molecule is CCCC(C)C(NCC)c1ccc(OC)c(Br)c1. The number of halogens is 1. The van der Waals surface area contributed by atoms with E-state index in [1.54, 1.807) is 7.11 Å². The van der Waals surface area contributed by atoms with Crippen LogP contribution in [0.25, 0.3) is 0 Å². The second-order valence-electron chi connectivity index (χ2n) is 4.70. The van der Waals surface area contributed by atoms with Gasteiger partial charge in [-0.05, 0) is 52.5 Å². The van der Waals surface area contributed by atoms with Gasteiger partial charge < -0.3 is 10.1 Å². The van der Waals surface area contributed by atoms with Crippen molar-refractivity contribution in [3.8, 4) is 5.75 Å². The molecule has 1 N–H and O–H groups in total. The van der Waals surface area contributed by atoms with Crippen molar-refractivity contribution in [1.29, 1.82) is 0 Å². The van der Waals surface area contributed by atoms with Crippen LogP contribution in [-0.2, 0) is 0 Å². The van der Waals surface area contributed by atoms with Crippen molar-refractivity contribution in [1.82, 2.24) is 5.32 Å². The number of hydrogen-bond donors (Lipinski definition) is 1. The predicted molar refractivity (Wildman–Crippen MR) is 81.2 cm³/mol. The zero-order valence-corrected chi connectivity index (χ0v) is 13.4. The first-order valence-corrected chi connectivity index (χ1v) is 7.50. The Labute approximate surface area is 119 Å². The average molecular weight is 314 g/mol. The van der Waals surface area contributed by atoms with Crippen molar-refractivity contribution >= 4 is 15.9 Å². The third kappa shape index (κ3) is 3.99. The van der Waals surface area contributed by atoms with Gasteiger partial charge in [0.2, 0.25) is 0 Å². The molecular formula is C15H24BrNO. The molecule has 0 aromatic heterocycles. The largest absolute Gasteiger partial charge is 0.496 e. The lowest BCUT2D eigenvalue weighted by Crippen LogP contribution is -2.26. The summed E-state index contributed by atoms with van der Waals surface area (Å²) in [5.74, 6) is 1.52. The lowest BCUT2D eigenvalue weighted by atomic mass is 9.91. The van der Waals surface area contributed by atoms with Crippen molar-refractivity contribution in [2.24, 2.45) is 5.92 Å². The second kappa shape index (κ2) is 7.80. The topological polar surface area (TPSA) is 21.3 Å². The molecule has 0 spiro atoms. The summed E-state index contributed by atoms with van der Waals surface area (Å²) in [5.41, 5.74) is 1.32. The quantitative estimate of drug-likeness (QED) is 0.797. The Hall–Kier alpha value is -0.540. The van der Waals surface area contributed by atoms with Crippen molar-refractivity contribution in [3.05, 3.63) is 28.2 Å². The fourth-order valence-electron chi connectivity index (χ4n) is 2.37. The summed E-state index contributed by atoms with van der Waals surface area (Å²) < 4.78 is 6.30. The normalized spacial score (nSPS) is 14.3. The summed E-state index contributed by atoms with van der Waals surface area (Å²) in [4.78, 5) is 0. The van der Waals surface area contributed by atoms with E-state index in [9.17, 15) is 0 Å². The summed E-state index contributed by atoms with van der Waals surface area (Å²) >= 11 is 3.56. The molecule has 102 valence electrons. The number of benzene rings is 1. The molecule has 0 aliphatic rings. The zero-order chi connectivity index (χ0) is 13.5. The van der Waals surface area contributed by atoms with Gasteiger partial charge in [-0.3, -0.25) is 0 Å². The average Bonchev–Trinajstić information content (AvgIpc) is 2.36. The monoisotopic (exact) mass is 313 g/mol. The van der Waals surface area contributed by atoms with E-state index >= 15 is 0 Å². The fourth-order valence-corrected chi connectivity index (χ4v) is 2.92. The predicted octanol–water partition coefficient (Wildman–Crippen LogP) is 4.54. The maximum atomic E-state index is 5.28. The molecule has 0 saturated heterocycles. The van der Waals surface area contributed by atoms with E-state index in [0.29, 0.717) is 12.0 Å². The van der Waals surface area contributed by atoms with Crippen LogP contribution in [0.3, 0.4) is 0 Å². The van der Waals surface area contributed by atoms with Gasteiger partial charge in [0, 0.05) is 6.04 Å². The fraction of sp³-hybridized carbons (Fsp3) is 0.600. The molecule has 2 unspecified atom stereocenters. The Morgan fingerprint density at radius 3 is 2.56 bits per heavy atom. The van der Waals surface area contributed by atoms with Gasteiger partial charge in [-0.1, -0.05) is 33.3 Å². The van der Waals surface area contributed by atoms with Gasteiger partial charge in [-0.2, -0.15) is 0 Å². The molecule has 1 aromatic rings. The highest BCUT2D eigenvalue weighted by Gasteiger charge is 2.18. The maximum Gasteiger partial charge on any atom is 0.133 e. The highest BCUT2D eigenvalue weighted by molar-refractivity contribution is 9.10. The first-order valence-electron chi connectivity index (χ1n) is 6.70. The molecular weight excluding hydrogens is 290 g/mol. The van der Waals surface area contributed by atoms with E-state index in [-0.39, 0.29) is 0 Å². The van der Waals surface area contributed by atoms with E-state index in [0.717, 1.165) is 16.8 Å². The van der Waals surface area contributed by atoms with Gasteiger partial charge in [-0.25, -0.2) is 0 Å². The minimum Gasteiger partial charge on any atom is -0.496 e.